The van der Waals surface area contributed by atoms with Crippen molar-refractivity contribution < 1.29 is 12.8 Å². The maximum Gasteiger partial charge on any atom is 0.275 e. The summed E-state index contributed by atoms with van der Waals surface area (Å²) in [4.78, 5) is 14.5. The van der Waals surface area contributed by atoms with Gasteiger partial charge in [0, 0.05) is 16.7 Å². The Balaban J connectivity index is 1.88. The number of benzene rings is 2. The van der Waals surface area contributed by atoms with Gasteiger partial charge in [-0.3, -0.25) is 4.79 Å². The number of hydrogen-bond acceptors (Lipinski definition) is 5. The summed E-state index contributed by atoms with van der Waals surface area (Å²) >= 11 is 1.53. The summed E-state index contributed by atoms with van der Waals surface area (Å²) in [6.45, 7) is 0.331. The van der Waals surface area contributed by atoms with Crippen LogP contribution < -0.4 is 5.56 Å². The first-order valence-corrected chi connectivity index (χ1v) is 11.8. The molecule has 2 aromatic heterocycles. The van der Waals surface area contributed by atoms with Gasteiger partial charge in [0.05, 0.1) is 23.2 Å². The summed E-state index contributed by atoms with van der Waals surface area (Å²) in [5, 5.41) is 6.25. The molecule has 0 saturated carbocycles. The highest BCUT2D eigenvalue weighted by atomic mass is 32.2. The van der Waals surface area contributed by atoms with E-state index >= 15 is 0 Å². The van der Waals surface area contributed by atoms with Crippen molar-refractivity contribution in [1.82, 2.24) is 9.78 Å². The fraction of sp³-hybridized carbons (Fsp3) is 0.0909. The SMILES string of the molecule is CS(=O)(=O)c1ccc(-c2cnn(Cc3cccs3)c(=O)c2-c2ccc(F)cc2)cc1. The van der Waals surface area contributed by atoms with Gasteiger partial charge in [-0.05, 0) is 46.8 Å². The molecule has 0 saturated heterocycles. The maximum atomic E-state index is 13.5. The zero-order valence-electron chi connectivity index (χ0n) is 15.9. The molecule has 4 rings (SSSR count). The minimum atomic E-state index is -3.33. The molecule has 4 aromatic rings. The van der Waals surface area contributed by atoms with E-state index in [2.05, 4.69) is 5.10 Å². The fourth-order valence-corrected chi connectivity index (χ4v) is 4.46. The lowest BCUT2D eigenvalue weighted by atomic mass is 9.97. The van der Waals surface area contributed by atoms with E-state index in [1.807, 2.05) is 17.5 Å². The molecule has 0 N–H and O–H groups in total. The standard InChI is InChI=1S/C22H17FN2O3S2/c1-30(27,28)19-10-6-15(7-11-19)20-13-24-25(14-18-3-2-12-29-18)22(26)21(20)16-4-8-17(23)9-5-16/h2-13H,14H2,1H3. The molecular weight excluding hydrogens is 423 g/mol. The van der Waals surface area contributed by atoms with E-state index in [1.165, 1.54) is 40.3 Å². The zero-order valence-corrected chi connectivity index (χ0v) is 17.6. The van der Waals surface area contributed by atoms with Gasteiger partial charge in [0.1, 0.15) is 5.82 Å². The van der Waals surface area contributed by atoms with Crippen LogP contribution in [0, 0.1) is 5.82 Å². The predicted molar refractivity (Wildman–Crippen MR) is 116 cm³/mol. The van der Waals surface area contributed by atoms with E-state index in [9.17, 15) is 17.6 Å². The molecule has 0 amide bonds. The highest BCUT2D eigenvalue weighted by molar-refractivity contribution is 7.90. The lowest BCUT2D eigenvalue weighted by Crippen LogP contribution is -2.25. The number of nitrogens with zero attached hydrogens (tertiary/aromatic N) is 2. The molecule has 0 spiro atoms. The van der Waals surface area contributed by atoms with Crippen molar-refractivity contribution in [1.29, 1.82) is 0 Å². The topological polar surface area (TPSA) is 69.0 Å². The lowest BCUT2D eigenvalue weighted by molar-refractivity contribution is 0.602. The molecule has 0 unspecified atom stereocenters. The fourth-order valence-electron chi connectivity index (χ4n) is 3.15. The molecule has 0 aliphatic carbocycles. The second-order valence-corrected chi connectivity index (χ2v) is 9.83. The Morgan fingerprint density at radius 3 is 2.27 bits per heavy atom. The van der Waals surface area contributed by atoms with Crippen molar-refractivity contribution in [2.24, 2.45) is 0 Å². The third-order valence-electron chi connectivity index (χ3n) is 4.66. The summed E-state index contributed by atoms with van der Waals surface area (Å²) < 4.78 is 38.3. The highest BCUT2D eigenvalue weighted by Crippen LogP contribution is 2.30. The molecule has 30 heavy (non-hydrogen) atoms. The summed E-state index contributed by atoms with van der Waals surface area (Å²) in [5.41, 5.74) is 1.84. The van der Waals surface area contributed by atoms with Crippen LogP contribution in [0.15, 0.2) is 81.9 Å². The highest BCUT2D eigenvalue weighted by Gasteiger charge is 2.17. The molecule has 0 fully saturated rings. The summed E-state index contributed by atoms with van der Waals surface area (Å²) in [6, 6.07) is 15.8. The van der Waals surface area contributed by atoms with Crippen molar-refractivity contribution >= 4 is 21.2 Å². The predicted octanol–water partition coefficient (Wildman–Crippen LogP) is 4.23. The largest absolute Gasteiger partial charge is 0.275 e. The molecule has 152 valence electrons. The van der Waals surface area contributed by atoms with E-state index < -0.39 is 15.7 Å². The Hall–Kier alpha value is -3.10. The van der Waals surface area contributed by atoms with Crippen LogP contribution in [0.5, 0.6) is 0 Å². The second kappa shape index (κ2) is 7.97. The average molecular weight is 441 g/mol. The first kappa shape index (κ1) is 20.2. The minimum Gasteiger partial charge on any atom is -0.267 e. The van der Waals surface area contributed by atoms with Gasteiger partial charge in [-0.25, -0.2) is 17.5 Å². The first-order chi connectivity index (χ1) is 14.3. The average Bonchev–Trinajstić information content (AvgIpc) is 3.23. The van der Waals surface area contributed by atoms with Crippen molar-refractivity contribution in [3.05, 3.63) is 93.3 Å². The Bertz CT molecular complexity index is 1340. The zero-order chi connectivity index (χ0) is 21.3. The Kier molecular flexibility index (Phi) is 5.36. The quantitative estimate of drug-likeness (QED) is 0.466. The molecular formula is C22H17FN2O3S2. The van der Waals surface area contributed by atoms with E-state index in [4.69, 9.17) is 0 Å². The van der Waals surface area contributed by atoms with Crippen LogP contribution >= 0.6 is 11.3 Å². The second-order valence-electron chi connectivity index (χ2n) is 6.78. The van der Waals surface area contributed by atoms with Gasteiger partial charge in [-0.2, -0.15) is 5.10 Å². The van der Waals surface area contributed by atoms with Crippen molar-refractivity contribution in [3.63, 3.8) is 0 Å². The van der Waals surface area contributed by atoms with Crippen LogP contribution in [0.25, 0.3) is 22.3 Å². The van der Waals surface area contributed by atoms with Crippen molar-refractivity contribution in [3.8, 4) is 22.3 Å². The van der Waals surface area contributed by atoms with Crippen molar-refractivity contribution in [2.75, 3.05) is 6.26 Å². The van der Waals surface area contributed by atoms with Gasteiger partial charge in [-0.1, -0.05) is 30.3 Å². The molecule has 0 aliphatic rings. The summed E-state index contributed by atoms with van der Waals surface area (Å²) in [6.07, 6.45) is 2.72. The number of sulfone groups is 1. The molecule has 0 atom stereocenters. The number of thiophene rings is 1. The summed E-state index contributed by atoms with van der Waals surface area (Å²) in [7, 11) is -3.33. The Morgan fingerprint density at radius 2 is 1.67 bits per heavy atom. The first-order valence-electron chi connectivity index (χ1n) is 9.02. The van der Waals surface area contributed by atoms with Gasteiger partial charge in [0.15, 0.2) is 9.84 Å². The number of hydrogen-bond donors (Lipinski definition) is 0. The number of aromatic nitrogens is 2. The van der Waals surface area contributed by atoms with E-state index in [0.717, 1.165) is 11.1 Å². The van der Waals surface area contributed by atoms with Crippen LogP contribution in [-0.2, 0) is 16.4 Å². The maximum absolute atomic E-state index is 13.5. The minimum absolute atomic E-state index is 0.188. The van der Waals surface area contributed by atoms with Crippen LogP contribution in [-0.4, -0.2) is 24.5 Å². The van der Waals surface area contributed by atoms with Gasteiger partial charge in [-0.15, -0.1) is 11.3 Å². The van der Waals surface area contributed by atoms with Crippen LogP contribution in [0.3, 0.4) is 0 Å². The van der Waals surface area contributed by atoms with Gasteiger partial charge in [0.2, 0.25) is 0 Å². The third-order valence-corrected chi connectivity index (χ3v) is 6.65. The third kappa shape index (κ3) is 4.10. The van der Waals surface area contributed by atoms with Crippen molar-refractivity contribution in [2.45, 2.75) is 11.4 Å². The van der Waals surface area contributed by atoms with Gasteiger partial charge >= 0.3 is 0 Å². The van der Waals surface area contributed by atoms with Gasteiger partial charge < -0.3 is 0 Å². The van der Waals surface area contributed by atoms with Crippen LogP contribution in [0.2, 0.25) is 0 Å². The summed E-state index contributed by atoms with van der Waals surface area (Å²) in [5.74, 6) is -0.397. The smallest absolute Gasteiger partial charge is 0.267 e. The number of halogens is 1. The molecule has 8 heteroatoms. The van der Waals surface area contributed by atoms with Gasteiger partial charge in [0.25, 0.3) is 5.56 Å². The normalized spacial score (nSPS) is 11.5. The molecule has 0 bridgehead atoms. The monoisotopic (exact) mass is 440 g/mol. The van der Waals surface area contributed by atoms with E-state index in [1.54, 1.807) is 30.5 Å². The van der Waals surface area contributed by atoms with Crippen LogP contribution in [0.4, 0.5) is 4.39 Å². The van der Waals surface area contributed by atoms with Crippen LogP contribution in [0.1, 0.15) is 4.88 Å². The lowest BCUT2D eigenvalue weighted by Gasteiger charge is -2.13. The molecule has 0 aliphatic heterocycles. The molecule has 2 aromatic carbocycles. The molecule has 0 radical (unpaired) electrons. The molecule has 2 heterocycles. The number of rotatable bonds is 5. The van der Waals surface area contributed by atoms with E-state index in [-0.39, 0.29) is 10.5 Å². The Labute approximate surface area is 177 Å². The molecule has 5 nitrogen and oxygen atoms in total. The van der Waals surface area contributed by atoms with E-state index in [0.29, 0.717) is 28.8 Å². The Morgan fingerprint density at radius 1 is 1.00 bits per heavy atom.